The van der Waals surface area contributed by atoms with Crippen LogP contribution in [0.2, 0.25) is 5.02 Å². The molecule has 0 aliphatic heterocycles. The van der Waals surface area contributed by atoms with Gasteiger partial charge >= 0.3 is 0 Å². The van der Waals surface area contributed by atoms with Gasteiger partial charge in [-0.25, -0.2) is 0 Å². The normalized spacial score (nSPS) is 14.4. The van der Waals surface area contributed by atoms with Crippen molar-refractivity contribution < 1.29 is 4.79 Å². The van der Waals surface area contributed by atoms with Gasteiger partial charge in [0.25, 0.3) is 0 Å². The standard InChI is InChI=1S/C12H17ClN2O/c1-3-8-15-12(2,11(14)16)9-4-6-10(13)7-5-9/h4-7,15H,3,8H2,1-2H3,(H2,14,16). The molecule has 88 valence electrons. The van der Waals surface area contributed by atoms with E-state index in [1.165, 1.54) is 0 Å². The molecule has 0 heterocycles. The van der Waals surface area contributed by atoms with Crippen LogP contribution in [0.1, 0.15) is 25.8 Å². The molecule has 3 N–H and O–H groups in total. The summed E-state index contributed by atoms with van der Waals surface area (Å²) in [5.41, 5.74) is 5.45. The van der Waals surface area contributed by atoms with Crippen molar-refractivity contribution >= 4 is 17.5 Å². The molecule has 1 aromatic rings. The summed E-state index contributed by atoms with van der Waals surface area (Å²) in [4.78, 5) is 11.5. The van der Waals surface area contributed by atoms with Crippen molar-refractivity contribution in [2.45, 2.75) is 25.8 Å². The van der Waals surface area contributed by atoms with E-state index in [0.29, 0.717) is 5.02 Å². The third-order valence-electron chi connectivity index (χ3n) is 2.64. The van der Waals surface area contributed by atoms with Crippen LogP contribution in [0.3, 0.4) is 0 Å². The number of hydrogen-bond acceptors (Lipinski definition) is 2. The van der Waals surface area contributed by atoms with Gasteiger partial charge in [-0.2, -0.15) is 0 Å². The van der Waals surface area contributed by atoms with Crippen LogP contribution in [0.5, 0.6) is 0 Å². The highest BCUT2D eigenvalue weighted by Gasteiger charge is 2.32. The summed E-state index contributed by atoms with van der Waals surface area (Å²) in [6, 6.07) is 7.14. The van der Waals surface area contributed by atoms with E-state index >= 15 is 0 Å². The maximum absolute atomic E-state index is 11.5. The maximum Gasteiger partial charge on any atom is 0.242 e. The van der Waals surface area contributed by atoms with Crippen LogP contribution in [0.25, 0.3) is 0 Å². The molecule has 0 aliphatic rings. The Kier molecular flexibility index (Phi) is 4.33. The molecule has 1 rings (SSSR count). The van der Waals surface area contributed by atoms with Gasteiger partial charge in [0, 0.05) is 5.02 Å². The molecule has 3 nitrogen and oxygen atoms in total. The molecule has 0 fully saturated rings. The van der Waals surface area contributed by atoms with E-state index < -0.39 is 5.54 Å². The maximum atomic E-state index is 11.5. The molecule has 0 radical (unpaired) electrons. The van der Waals surface area contributed by atoms with Crippen LogP contribution < -0.4 is 11.1 Å². The number of benzene rings is 1. The van der Waals surface area contributed by atoms with Crippen molar-refractivity contribution in [2.24, 2.45) is 5.73 Å². The number of primary amides is 1. The minimum absolute atomic E-state index is 0.386. The Hall–Kier alpha value is -1.06. The van der Waals surface area contributed by atoms with Gasteiger partial charge in [0.15, 0.2) is 0 Å². The molecule has 1 amide bonds. The Labute approximate surface area is 101 Å². The number of amides is 1. The molecular formula is C12H17ClN2O. The Morgan fingerprint density at radius 2 is 2.00 bits per heavy atom. The van der Waals surface area contributed by atoms with Crippen LogP contribution in [-0.2, 0) is 10.3 Å². The summed E-state index contributed by atoms with van der Waals surface area (Å²) in [7, 11) is 0. The van der Waals surface area contributed by atoms with Crippen molar-refractivity contribution in [3.63, 3.8) is 0 Å². The number of hydrogen-bond donors (Lipinski definition) is 2. The zero-order valence-electron chi connectivity index (χ0n) is 9.59. The van der Waals surface area contributed by atoms with Crippen LogP contribution in [-0.4, -0.2) is 12.5 Å². The summed E-state index contributed by atoms with van der Waals surface area (Å²) in [5, 5.41) is 3.81. The number of carbonyl (C=O) groups excluding carboxylic acids is 1. The van der Waals surface area contributed by atoms with Gasteiger partial charge in [-0.05, 0) is 37.6 Å². The number of carbonyl (C=O) groups is 1. The van der Waals surface area contributed by atoms with Crippen LogP contribution in [0.4, 0.5) is 0 Å². The van der Waals surface area contributed by atoms with E-state index in [1.54, 1.807) is 19.1 Å². The number of halogens is 1. The lowest BCUT2D eigenvalue weighted by Crippen LogP contribution is -2.50. The van der Waals surface area contributed by atoms with Crippen LogP contribution >= 0.6 is 11.6 Å². The first-order valence-electron chi connectivity index (χ1n) is 5.31. The first-order chi connectivity index (χ1) is 7.50. The van der Waals surface area contributed by atoms with Gasteiger partial charge in [0.05, 0.1) is 0 Å². The Morgan fingerprint density at radius 1 is 1.44 bits per heavy atom. The fourth-order valence-electron chi connectivity index (χ4n) is 1.49. The third kappa shape index (κ3) is 2.74. The third-order valence-corrected chi connectivity index (χ3v) is 2.89. The second-order valence-corrected chi connectivity index (χ2v) is 4.36. The minimum Gasteiger partial charge on any atom is -0.368 e. The summed E-state index contributed by atoms with van der Waals surface area (Å²) >= 11 is 5.81. The molecule has 1 unspecified atom stereocenters. The zero-order chi connectivity index (χ0) is 12.2. The van der Waals surface area contributed by atoms with Gasteiger partial charge < -0.3 is 5.73 Å². The lowest BCUT2D eigenvalue weighted by Gasteiger charge is -2.28. The summed E-state index contributed by atoms with van der Waals surface area (Å²) < 4.78 is 0. The van der Waals surface area contributed by atoms with Gasteiger partial charge in [0.1, 0.15) is 5.54 Å². The minimum atomic E-state index is -0.833. The van der Waals surface area contributed by atoms with E-state index in [-0.39, 0.29) is 5.91 Å². The molecule has 0 aliphatic carbocycles. The highest BCUT2D eigenvalue weighted by atomic mass is 35.5. The molecule has 0 spiro atoms. The summed E-state index contributed by atoms with van der Waals surface area (Å²) in [5.74, 6) is -0.386. The van der Waals surface area contributed by atoms with Crippen molar-refractivity contribution in [3.05, 3.63) is 34.9 Å². The smallest absolute Gasteiger partial charge is 0.242 e. The molecule has 0 saturated heterocycles. The lowest BCUT2D eigenvalue weighted by atomic mass is 9.91. The Morgan fingerprint density at radius 3 is 2.44 bits per heavy atom. The topological polar surface area (TPSA) is 55.1 Å². The van der Waals surface area contributed by atoms with E-state index in [4.69, 9.17) is 17.3 Å². The molecule has 0 bridgehead atoms. The Bertz CT molecular complexity index is 364. The van der Waals surface area contributed by atoms with E-state index in [9.17, 15) is 4.79 Å². The van der Waals surface area contributed by atoms with E-state index in [1.807, 2.05) is 19.1 Å². The monoisotopic (exact) mass is 240 g/mol. The molecule has 0 saturated carbocycles. The lowest BCUT2D eigenvalue weighted by molar-refractivity contribution is -0.124. The number of nitrogens with one attached hydrogen (secondary N) is 1. The highest BCUT2D eigenvalue weighted by molar-refractivity contribution is 6.30. The second kappa shape index (κ2) is 5.32. The predicted octanol–water partition coefficient (Wildman–Crippen LogP) is 2.04. The molecule has 16 heavy (non-hydrogen) atoms. The fourth-order valence-corrected chi connectivity index (χ4v) is 1.62. The molecule has 1 atom stereocenters. The summed E-state index contributed by atoms with van der Waals surface area (Å²) in [6.07, 6.45) is 0.941. The fraction of sp³-hybridized carbons (Fsp3) is 0.417. The first kappa shape index (κ1) is 13.0. The number of nitrogens with two attached hydrogens (primary N) is 1. The molecular weight excluding hydrogens is 224 g/mol. The largest absolute Gasteiger partial charge is 0.368 e. The molecule has 1 aromatic carbocycles. The van der Waals surface area contributed by atoms with Gasteiger partial charge in [-0.15, -0.1) is 0 Å². The van der Waals surface area contributed by atoms with Crippen LogP contribution in [0.15, 0.2) is 24.3 Å². The first-order valence-corrected chi connectivity index (χ1v) is 5.69. The Balaban J connectivity index is 3.01. The van der Waals surface area contributed by atoms with E-state index in [2.05, 4.69) is 5.32 Å². The number of rotatable bonds is 5. The van der Waals surface area contributed by atoms with Crippen molar-refractivity contribution in [3.8, 4) is 0 Å². The van der Waals surface area contributed by atoms with E-state index in [0.717, 1.165) is 18.5 Å². The van der Waals surface area contributed by atoms with Crippen molar-refractivity contribution in [1.29, 1.82) is 0 Å². The highest BCUT2D eigenvalue weighted by Crippen LogP contribution is 2.22. The quantitative estimate of drug-likeness (QED) is 0.828. The van der Waals surface area contributed by atoms with Gasteiger partial charge in [0.2, 0.25) is 5.91 Å². The molecule has 0 aromatic heterocycles. The van der Waals surface area contributed by atoms with Crippen molar-refractivity contribution in [1.82, 2.24) is 5.32 Å². The van der Waals surface area contributed by atoms with Crippen molar-refractivity contribution in [2.75, 3.05) is 6.54 Å². The van der Waals surface area contributed by atoms with Gasteiger partial charge in [-0.3, -0.25) is 10.1 Å². The summed E-state index contributed by atoms with van der Waals surface area (Å²) in [6.45, 7) is 4.56. The van der Waals surface area contributed by atoms with Gasteiger partial charge in [-0.1, -0.05) is 30.7 Å². The predicted molar refractivity (Wildman–Crippen MR) is 66.3 cm³/mol. The average Bonchev–Trinajstić information content (AvgIpc) is 2.26. The molecule has 4 heteroatoms. The second-order valence-electron chi connectivity index (χ2n) is 3.92. The SMILES string of the molecule is CCCNC(C)(C(N)=O)c1ccc(Cl)cc1. The van der Waals surface area contributed by atoms with Crippen LogP contribution in [0, 0.1) is 0 Å². The zero-order valence-corrected chi connectivity index (χ0v) is 10.3. The average molecular weight is 241 g/mol.